The number of nitrogens with one attached hydrogen (secondary N) is 1. The zero-order chi connectivity index (χ0) is 14.3. The average Bonchev–Trinajstić information content (AvgIpc) is 2.40. The van der Waals surface area contributed by atoms with Crippen LogP contribution in [0.5, 0.6) is 0 Å². The van der Waals surface area contributed by atoms with Crippen LogP contribution >= 0.6 is 0 Å². The van der Waals surface area contributed by atoms with Gasteiger partial charge in [-0.3, -0.25) is 9.36 Å². The Morgan fingerprint density at radius 1 is 1.20 bits per heavy atom. The SMILES string of the molecule is Cc1ccc2c(=O)n(C3CCN(C)CC3)c(=O)[nH]c2c1. The Balaban J connectivity index is 2.14. The maximum atomic E-state index is 12.6. The van der Waals surface area contributed by atoms with E-state index in [9.17, 15) is 9.59 Å². The lowest BCUT2D eigenvalue weighted by Gasteiger charge is -2.29. The van der Waals surface area contributed by atoms with Crippen LogP contribution in [0.4, 0.5) is 0 Å². The van der Waals surface area contributed by atoms with Crippen molar-refractivity contribution in [2.45, 2.75) is 25.8 Å². The van der Waals surface area contributed by atoms with Gasteiger partial charge in [-0.05, 0) is 57.6 Å². The molecular weight excluding hydrogens is 254 g/mol. The van der Waals surface area contributed by atoms with E-state index in [4.69, 9.17) is 0 Å². The number of rotatable bonds is 1. The minimum absolute atomic E-state index is 0.00755. The highest BCUT2D eigenvalue weighted by atomic mass is 16.2. The predicted molar refractivity (Wildman–Crippen MR) is 79.3 cm³/mol. The number of aryl methyl sites for hydroxylation is 1. The van der Waals surface area contributed by atoms with Crippen LogP contribution in [0.25, 0.3) is 10.9 Å². The van der Waals surface area contributed by atoms with E-state index in [0.717, 1.165) is 31.5 Å². The Labute approximate surface area is 116 Å². The van der Waals surface area contributed by atoms with Crippen LogP contribution < -0.4 is 11.2 Å². The molecule has 2 aromatic rings. The molecular formula is C15H19N3O2. The first kappa shape index (κ1) is 13.1. The van der Waals surface area contributed by atoms with Crippen LogP contribution in [0.1, 0.15) is 24.4 Å². The van der Waals surface area contributed by atoms with Gasteiger partial charge in [0.25, 0.3) is 5.56 Å². The molecule has 5 nitrogen and oxygen atoms in total. The Kier molecular flexibility index (Phi) is 3.22. The molecule has 20 heavy (non-hydrogen) atoms. The summed E-state index contributed by atoms with van der Waals surface area (Å²) in [6, 6.07) is 5.56. The molecule has 106 valence electrons. The standard InChI is InChI=1S/C15H19N3O2/c1-10-3-4-12-13(9-10)16-15(20)18(14(12)19)11-5-7-17(2)8-6-11/h3-4,9,11H,5-8H2,1-2H3,(H,16,20). The zero-order valence-electron chi connectivity index (χ0n) is 11.8. The van der Waals surface area contributed by atoms with E-state index in [1.807, 2.05) is 19.1 Å². The maximum Gasteiger partial charge on any atom is 0.329 e. The molecule has 1 aliphatic heterocycles. The van der Waals surface area contributed by atoms with Crippen molar-refractivity contribution in [3.05, 3.63) is 44.6 Å². The average molecular weight is 273 g/mol. The Morgan fingerprint density at radius 3 is 2.60 bits per heavy atom. The first-order valence-electron chi connectivity index (χ1n) is 7.00. The van der Waals surface area contributed by atoms with Gasteiger partial charge < -0.3 is 9.88 Å². The number of hydrogen-bond acceptors (Lipinski definition) is 3. The molecule has 0 bridgehead atoms. The molecule has 0 saturated carbocycles. The number of likely N-dealkylation sites (tertiary alicyclic amines) is 1. The second kappa shape index (κ2) is 4.90. The van der Waals surface area contributed by atoms with E-state index in [1.54, 1.807) is 6.07 Å². The summed E-state index contributed by atoms with van der Waals surface area (Å²) in [6.45, 7) is 3.78. The van der Waals surface area contributed by atoms with E-state index in [0.29, 0.717) is 10.9 Å². The summed E-state index contributed by atoms with van der Waals surface area (Å²) in [5.41, 5.74) is 1.20. The normalized spacial score (nSPS) is 17.7. The topological polar surface area (TPSA) is 58.1 Å². The highest BCUT2D eigenvalue weighted by Crippen LogP contribution is 2.19. The molecule has 0 atom stereocenters. The second-order valence-electron chi connectivity index (χ2n) is 5.69. The van der Waals surface area contributed by atoms with E-state index in [-0.39, 0.29) is 17.3 Å². The van der Waals surface area contributed by atoms with Gasteiger partial charge in [0, 0.05) is 6.04 Å². The van der Waals surface area contributed by atoms with Crippen LogP contribution in [0.15, 0.2) is 27.8 Å². The van der Waals surface area contributed by atoms with Gasteiger partial charge >= 0.3 is 5.69 Å². The molecule has 3 rings (SSSR count). The van der Waals surface area contributed by atoms with Crippen molar-refractivity contribution in [2.24, 2.45) is 0 Å². The van der Waals surface area contributed by atoms with Crippen LogP contribution in [0.3, 0.4) is 0 Å². The summed E-state index contributed by atoms with van der Waals surface area (Å²) in [5, 5.41) is 0.592. The maximum absolute atomic E-state index is 12.6. The molecule has 1 saturated heterocycles. The minimum atomic E-state index is -0.289. The molecule has 2 heterocycles. The van der Waals surface area contributed by atoms with Crippen LogP contribution in [0, 0.1) is 6.92 Å². The van der Waals surface area contributed by atoms with Crippen LogP contribution in [0.2, 0.25) is 0 Å². The van der Waals surface area contributed by atoms with Crippen molar-refractivity contribution in [1.29, 1.82) is 0 Å². The number of H-pyrrole nitrogens is 1. The monoisotopic (exact) mass is 273 g/mol. The van der Waals surface area contributed by atoms with Crippen molar-refractivity contribution in [3.63, 3.8) is 0 Å². The highest BCUT2D eigenvalue weighted by molar-refractivity contribution is 5.77. The molecule has 0 radical (unpaired) electrons. The fourth-order valence-electron chi connectivity index (χ4n) is 2.93. The van der Waals surface area contributed by atoms with Crippen molar-refractivity contribution in [3.8, 4) is 0 Å². The molecule has 1 aromatic heterocycles. The molecule has 1 aromatic carbocycles. The van der Waals surface area contributed by atoms with E-state index in [1.165, 1.54) is 4.57 Å². The summed E-state index contributed by atoms with van der Waals surface area (Å²) in [5.74, 6) is 0. The third kappa shape index (κ3) is 2.18. The molecule has 0 amide bonds. The van der Waals surface area contributed by atoms with Crippen molar-refractivity contribution < 1.29 is 0 Å². The van der Waals surface area contributed by atoms with Gasteiger partial charge in [-0.15, -0.1) is 0 Å². The van der Waals surface area contributed by atoms with Gasteiger partial charge in [0.15, 0.2) is 0 Å². The predicted octanol–water partition coefficient (Wildman–Crippen LogP) is 1.26. The lowest BCUT2D eigenvalue weighted by molar-refractivity contribution is 0.216. The third-order valence-electron chi connectivity index (χ3n) is 4.14. The van der Waals surface area contributed by atoms with Gasteiger partial charge in [0.1, 0.15) is 0 Å². The summed E-state index contributed by atoms with van der Waals surface area (Å²) in [6.07, 6.45) is 1.69. The fraction of sp³-hybridized carbons (Fsp3) is 0.467. The number of nitrogens with zero attached hydrogens (tertiary/aromatic N) is 2. The lowest BCUT2D eigenvalue weighted by atomic mass is 10.1. The van der Waals surface area contributed by atoms with E-state index >= 15 is 0 Å². The molecule has 0 aliphatic carbocycles. The fourth-order valence-corrected chi connectivity index (χ4v) is 2.93. The van der Waals surface area contributed by atoms with Gasteiger partial charge in [0.05, 0.1) is 10.9 Å². The number of hydrogen-bond donors (Lipinski definition) is 1. The Bertz CT molecular complexity index is 752. The van der Waals surface area contributed by atoms with Crippen molar-refractivity contribution >= 4 is 10.9 Å². The molecule has 0 unspecified atom stereocenters. The summed E-state index contributed by atoms with van der Waals surface area (Å²) in [4.78, 5) is 29.9. The molecule has 5 heteroatoms. The Morgan fingerprint density at radius 2 is 1.90 bits per heavy atom. The van der Waals surface area contributed by atoms with Crippen LogP contribution in [-0.4, -0.2) is 34.6 Å². The molecule has 0 spiro atoms. The minimum Gasteiger partial charge on any atom is -0.307 e. The van der Waals surface area contributed by atoms with Gasteiger partial charge in [0.2, 0.25) is 0 Å². The van der Waals surface area contributed by atoms with Gasteiger partial charge in [-0.1, -0.05) is 6.07 Å². The van der Waals surface area contributed by atoms with Gasteiger partial charge in [-0.2, -0.15) is 0 Å². The zero-order valence-corrected chi connectivity index (χ0v) is 11.8. The first-order chi connectivity index (χ1) is 9.56. The lowest BCUT2D eigenvalue weighted by Crippen LogP contribution is -2.42. The van der Waals surface area contributed by atoms with Crippen LogP contribution in [-0.2, 0) is 0 Å². The second-order valence-corrected chi connectivity index (χ2v) is 5.69. The molecule has 1 N–H and O–H groups in total. The number of piperidine rings is 1. The molecule has 1 fully saturated rings. The van der Waals surface area contributed by atoms with Gasteiger partial charge in [-0.25, -0.2) is 4.79 Å². The van der Waals surface area contributed by atoms with Crippen molar-refractivity contribution in [1.82, 2.24) is 14.5 Å². The smallest absolute Gasteiger partial charge is 0.307 e. The number of fused-ring (bicyclic) bond motifs is 1. The number of aromatic amines is 1. The Hall–Kier alpha value is -1.88. The number of aromatic nitrogens is 2. The number of benzene rings is 1. The van der Waals surface area contributed by atoms with E-state index < -0.39 is 0 Å². The summed E-state index contributed by atoms with van der Waals surface area (Å²) < 4.78 is 1.41. The van der Waals surface area contributed by atoms with Crippen molar-refractivity contribution in [2.75, 3.05) is 20.1 Å². The summed E-state index contributed by atoms with van der Waals surface area (Å²) in [7, 11) is 2.06. The van der Waals surface area contributed by atoms with E-state index in [2.05, 4.69) is 16.9 Å². The first-order valence-corrected chi connectivity index (χ1v) is 7.00. The molecule has 1 aliphatic rings. The largest absolute Gasteiger partial charge is 0.329 e. The third-order valence-corrected chi connectivity index (χ3v) is 4.14. The highest BCUT2D eigenvalue weighted by Gasteiger charge is 2.22. The quantitative estimate of drug-likeness (QED) is 0.851. The summed E-state index contributed by atoms with van der Waals surface area (Å²) >= 11 is 0.